The standard InChI is InChI=1S/C7H8S3.C2H6/c1-3-8-6(2)7-9-4-5-10-7;1-2/h3-5H,1H2,2H3;1-2H3. The summed E-state index contributed by atoms with van der Waals surface area (Å²) in [5, 5.41) is 6.07. The Labute approximate surface area is 88.0 Å². The average molecular weight is 218 g/mol. The van der Waals surface area contributed by atoms with E-state index in [9.17, 15) is 0 Å². The molecule has 0 fully saturated rings. The van der Waals surface area contributed by atoms with Crippen molar-refractivity contribution in [3.05, 3.63) is 31.9 Å². The molecule has 1 heterocycles. The lowest BCUT2D eigenvalue weighted by molar-refractivity contribution is 1.50. The van der Waals surface area contributed by atoms with Gasteiger partial charge in [0.15, 0.2) is 0 Å². The van der Waals surface area contributed by atoms with Gasteiger partial charge in [-0.15, -0.1) is 11.8 Å². The Bertz CT molecular complexity index is 182. The molecular formula is C9H14S3. The number of rotatable bonds is 2. The maximum Gasteiger partial charge on any atom is 0.0582 e. The van der Waals surface area contributed by atoms with Crippen LogP contribution < -0.4 is 0 Å². The summed E-state index contributed by atoms with van der Waals surface area (Å²) < 4.78 is 1.38. The predicted octanol–water partition coefficient (Wildman–Crippen LogP) is 5.03. The SMILES string of the molecule is C=CSC(C)=C1SC=CS1.CC. The van der Waals surface area contributed by atoms with Gasteiger partial charge in [0.25, 0.3) is 0 Å². The van der Waals surface area contributed by atoms with Gasteiger partial charge in [-0.2, -0.15) is 0 Å². The predicted molar refractivity (Wildman–Crippen MR) is 66.2 cm³/mol. The quantitative estimate of drug-likeness (QED) is 0.638. The molecule has 0 spiro atoms. The molecule has 0 aromatic heterocycles. The molecule has 0 aromatic carbocycles. The zero-order valence-corrected chi connectivity index (χ0v) is 10.1. The van der Waals surface area contributed by atoms with Gasteiger partial charge in [0.1, 0.15) is 0 Å². The van der Waals surface area contributed by atoms with Gasteiger partial charge in [-0.3, -0.25) is 0 Å². The van der Waals surface area contributed by atoms with E-state index >= 15 is 0 Å². The van der Waals surface area contributed by atoms with E-state index < -0.39 is 0 Å². The summed E-state index contributed by atoms with van der Waals surface area (Å²) in [6.07, 6.45) is 0. The summed E-state index contributed by atoms with van der Waals surface area (Å²) in [7, 11) is 0. The van der Waals surface area contributed by atoms with Crippen LogP contribution >= 0.6 is 35.3 Å². The second kappa shape index (κ2) is 7.90. The molecule has 0 bridgehead atoms. The van der Waals surface area contributed by atoms with Crippen LogP contribution in [-0.4, -0.2) is 0 Å². The minimum Gasteiger partial charge on any atom is -0.102 e. The van der Waals surface area contributed by atoms with Gasteiger partial charge in [0.05, 0.1) is 4.24 Å². The van der Waals surface area contributed by atoms with E-state index in [1.165, 1.54) is 9.14 Å². The highest BCUT2D eigenvalue weighted by molar-refractivity contribution is 8.28. The molecule has 0 aliphatic carbocycles. The van der Waals surface area contributed by atoms with Crippen LogP contribution in [-0.2, 0) is 0 Å². The van der Waals surface area contributed by atoms with Gasteiger partial charge in [-0.1, -0.05) is 44.0 Å². The van der Waals surface area contributed by atoms with Gasteiger partial charge < -0.3 is 0 Å². The Morgan fingerprint density at radius 1 is 1.42 bits per heavy atom. The summed E-state index contributed by atoms with van der Waals surface area (Å²) in [5.74, 6) is 0. The zero-order valence-electron chi connectivity index (χ0n) is 7.66. The second-order valence-electron chi connectivity index (χ2n) is 1.64. The van der Waals surface area contributed by atoms with Crippen LogP contribution in [0.2, 0.25) is 0 Å². The van der Waals surface area contributed by atoms with Crippen LogP contribution in [0.3, 0.4) is 0 Å². The van der Waals surface area contributed by atoms with E-state index in [0.29, 0.717) is 0 Å². The fraction of sp³-hybridized carbons (Fsp3) is 0.333. The molecule has 0 saturated heterocycles. The van der Waals surface area contributed by atoms with E-state index in [0.717, 1.165) is 0 Å². The van der Waals surface area contributed by atoms with Crippen molar-refractivity contribution in [1.82, 2.24) is 0 Å². The highest BCUT2D eigenvalue weighted by Gasteiger charge is 2.04. The molecule has 0 saturated carbocycles. The third-order valence-electron chi connectivity index (χ3n) is 0.953. The maximum absolute atomic E-state index is 3.66. The van der Waals surface area contributed by atoms with Gasteiger partial charge in [0.2, 0.25) is 0 Å². The van der Waals surface area contributed by atoms with E-state index in [-0.39, 0.29) is 0 Å². The molecule has 1 aliphatic rings. The molecule has 0 radical (unpaired) electrons. The molecule has 68 valence electrons. The Morgan fingerprint density at radius 3 is 2.33 bits per heavy atom. The summed E-state index contributed by atoms with van der Waals surface area (Å²) >= 11 is 5.26. The minimum absolute atomic E-state index is 1.34. The first-order valence-electron chi connectivity index (χ1n) is 3.81. The first kappa shape index (κ1) is 12.3. The monoisotopic (exact) mass is 218 g/mol. The lowest BCUT2D eigenvalue weighted by atomic mass is 10.7. The molecule has 0 unspecified atom stereocenters. The van der Waals surface area contributed by atoms with Crippen molar-refractivity contribution in [3.8, 4) is 0 Å². The Morgan fingerprint density at radius 2 is 1.92 bits per heavy atom. The van der Waals surface area contributed by atoms with Crippen molar-refractivity contribution in [1.29, 1.82) is 0 Å². The summed E-state index contributed by atoms with van der Waals surface area (Å²) in [6, 6.07) is 0. The van der Waals surface area contributed by atoms with Crippen molar-refractivity contribution in [2.45, 2.75) is 20.8 Å². The lowest BCUT2D eigenvalue weighted by Gasteiger charge is -1.98. The fourth-order valence-electron chi connectivity index (χ4n) is 0.546. The van der Waals surface area contributed by atoms with E-state index in [4.69, 9.17) is 0 Å². The molecule has 0 aromatic rings. The first-order chi connectivity index (χ1) is 5.84. The number of hydrogen-bond acceptors (Lipinski definition) is 3. The summed E-state index contributed by atoms with van der Waals surface area (Å²) in [5.41, 5.74) is 0. The van der Waals surface area contributed by atoms with Crippen molar-refractivity contribution < 1.29 is 0 Å². The van der Waals surface area contributed by atoms with Crippen molar-refractivity contribution in [2.24, 2.45) is 0 Å². The van der Waals surface area contributed by atoms with Crippen LogP contribution in [0, 0.1) is 0 Å². The van der Waals surface area contributed by atoms with Crippen molar-refractivity contribution in [2.75, 3.05) is 0 Å². The van der Waals surface area contributed by atoms with Crippen LogP contribution in [0.1, 0.15) is 20.8 Å². The largest absolute Gasteiger partial charge is 0.102 e. The van der Waals surface area contributed by atoms with E-state index in [2.05, 4.69) is 24.3 Å². The Balaban J connectivity index is 0.000000561. The third kappa shape index (κ3) is 4.33. The van der Waals surface area contributed by atoms with Gasteiger partial charge in [-0.05, 0) is 23.1 Å². The summed E-state index contributed by atoms with van der Waals surface area (Å²) in [4.78, 5) is 1.34. The molecular weight excluding hydrogens is 204 g/mol. The van der Waals surface area contributed by atoms with Crippen molar-refractivity contribution >= 4 is 35.3 Å². The normalized spacial score (nSPS) is 13.8. The smallest absolute Gasteiger partial charge is 0.0582 e. The zero-order chi connectivity index (χ0) is 9.40. The van der Waals surface area contributed by atoms with Crippen LogP contribution in [0.5, 0.6) is 0 Å². The molecule has 1 aliphatic heterocycles. The molecule has 3 heteroatoms. The topological polar surface area (TPSA) is 0 Å². The van der Waals surface area contributed by atoms with Crippen LogP contribution in [0.4, 0.5) is 0 Å². The average Bonchev–Trinajstić information content (AvgIpc) is 2.60. The molecule has 0 nitrogen and oxygen atoms in total. The summed E-state index contributed by atoms with van der Waals surface area (Å²) in [6.45, 7) is 9.78. The van der Waals surface area contributed by atoms with Crippen LogP contribution in [0.25, 0.3) is 0 Å². The first-order valence-corrected chi connectivity index (χ1v) is 6.45. The molecule has 12 heavy (non-hydrogen) atoms. The van der Waals surface area contributed by atoms with Crippen molar-refractivity contribution in [3.63, 3.8) is 0 Å². The lowest BCUT2D eigenvalue weighted by Crippen LogP contribution is -1.66. The molecule has 1 rings (SSSR count). The van der Waals surface area contributed by atoms with Gasteiger partial charge in [0, 0.05) is 4.91 Å². The highest BCUT2D eigenvalue weighted by atomic mass is 32.2. The van der Waals surface area contributed by atoms with Gasteiger partial charge >= 0.3 is 0 Å². The Hall–Kier alpha value is 0.270. The third-order valence-corrected chi connectivity index (χ3v) is 4.27. The number of thioether (sulfide) groups is 3. The molecule has 0 atom stereocenters. The highest BCUT2D eigenvalue weighted by Crippen LogP contribution is 2.42. The second-order valence-corrected chi connectivity index (χ2v) is 4.91. The minimum atomic E-state index is 1.34. The fourth-order valence-corrected chi connectivity index (χ4v) is 3.05. The number of allylic oxidation sites excluding steroid dienone is 1. The van der Waals surface area contributed by atoms with E-state index in [1.807, 2.05) is 19.3 Å². The van der Waals surface area contributed by atoms with Crippen LogP contribution in [0.15, 0.2) is 31.9 Å². The Kier molecular flexibility index (Phi) is 8.07. The number of hydrogen-bond donors (Lipinski definition) is 0. The van der Waals surface area contributed by atoms with E-state index in [1.54, 1.807) is 35.3 Å². The maximum atomic E-state index is 3.66. The molecule has 0 N–H and O–H groups in total. The van der Waals surface area contributed by atoms with Gasteiger partial charge in [-0.25, -0.2) is 0 Å². The molecule has 0 amide bonds.